The number of hydrogen-bond acceptors (Lipinski definition) is 3. The molecule has 1 N–H and O–H groups in total. The molecular formula is C15H12F2N2O2. The molecule has 2 aromatic carbocycles. The lowest BCUT2D eigenvalue weighted by Gasteiger charge is -2.04. The van der Waals surface area contributed by atoms with Gasteiger partial charge in [-0.15, -0.1) is 0 Å². The van der Waals surface area contributed by atoms with Gasteiger partial charge in [-0.25, -0.2) is 13.8 Å². The highest BCUT2D eigenvalue weighted by molar-refractivity contribution is 5.89. The summed E-state index contributed by atoms with van der Waals surface area (Å²) < 4.78 is 36.9. The van der Waals surface area contributed by atoms with Crippen LogP contribution >= 0.6 is 0 Å². The molecule has 1 aromatic heterocycles. The van der Waals surface area contributed by atoms with Crippen LogP contribution in [0.5, 0.6) is 11.5 Å². The maximum Gasteiger partial charge on any atom is 0.159 e. The second-order valence-corrected chi connectivity index (χ2v) is 4.41. The SMILES string of the molecule is COc1ccc(OC)c2[nH]c(-c3ccc(F)c(F)c3)nc12. The minimum atomic E-state index is -0.924. The largest absolute Gasteiger partial charge is 0.494 e. The van der Waals surface area contributed by atoms with Crippen molar-refractivity contribution in [2.24, 2.45) is 0 Å². The Morgan fingerprint density at radius 3 is 2.33 bits per heavy atom. The normalized spacial score (nSPS) is 10.9. The number of imidazole rings is 1. The Hall–Kier alpha value is -2.63. The molecule has 0 amide bonds. The van der Waals surface area contributed by atoms with Gasteiger partial charge in [-0.1, -0.05) is 0 Å². The molecule has 0 fully saturated rings. The van der Waals surface area contributed by atoms with Gasteiger partial charge >= 0.3 is 0 Å². The molecule has 0 atom stereocenters. The van der Waals surface area contributed by atoms with Crippen molar-refractivity contribution >= 4 is 11.0 Å². The first kappa shape index (κ1) is 13.4. The number of aromatic amines is 1. The summed E-state index contributed by atoms with van der Waals surface area (Å²) in [7, 11) is 3.08. The van der Waals surface area contributed by atoms with Crippen molar-refractivity contribution in [3.05, 3.63) is 42.0 Å². The van der Waals surface area contributed by atoms with Gasteiger partial charge < -0.3 is 14.5 Å². The molecule has 1 heterocycles. The van der Waals surface area contributed by atoms with Crippen LogP contribution in [-0.4, -0.2) is 24.2 Å². The van der Waals surface area contributed by atoms with E-state index in [1.807, 2.05) is 0 Å². The van der Waals surface area contributed by atoms with Crippen LogP contribution in [0.3, 0.4) is 0 Å². The van der Waals surface area contributed by atoms with Crippen LogP contribution in [0.2, 0.25) is 0 Å². The average molecular weight is 290 g/mol. The highest BCUT2D eigenvalue weighted by Crippen LogP contribution is 2.33. The Morgan fingerprint density at radius 1 is 0.952 bits per heavy atom. The van der Waals surface area contributed by atoms with E-state index in [1.165, 1.54) is 13.2 Å². The Morgan fingerprint density at radius 2 is 1.67 bits per heavy atom. The quantitative estimate of drug-likeness (QED) is 0.802. The molecule has 4 nitrogen and oxygen atoms in total. The molecule has 0 aliphatic heterocycles. The van der Waals surface area contributed by atoms with Crippen molar-refractivity contribution in [1.29, 1.82) is 0 Å². The summed E-state index contributed by atoms with van der Waals surface area (Å²) in [5, 5.41) is 0. The summed E-state index contributed by atoms with van der Waals surface area (Å²) in [6.45, 7) is 0. The summed E-state index contributed by atoms with van der Waals surface area (Å²) in [4.78, 5) is 7.43. The summed E-state index contributed by atoms with van der Waals surface area (Å²) >= 11 is 0. The van der Waals surface area contributed by atoms with E-state index >= 15 is 0 Å². The Bertz CT molecular complexity index is 774. The van der Waals surface area contributed by atoms with Gasteiger partial charge in [0, 0.05) is 5.56 Å². The molecule has 0 saturated carbocycles. The van der Waals surface area contributed by atoms with Crippen LogP contribution in [0.25, 0.3) is 22.4 Å². The topological polar surface area (TPSA) is 47.1 Å². The summed E-state index contributed by atoms with van der Waals surface area (Å²) in [6, 6.07) is 7.08. The highest BCUT2D eigenvalue weighted by Gasteiger charge is 2.14. The van der Waals surface area contributed by atoms with Gasteiger partial charge in [0.1, 0.15) is 28.4 Å². The first-order valence-electron chi connectivity index (χ1n) is 6.20. The van der Waals surface area contributed by atoms with Crippen molar-refractivity contribution in [3.8, 4) is 22.9 Å². The van der Waals surface area contributed by atoms with Crippen LogP contribution in [0.15, 0.2) is 30.3 Å². The molecule has 0 aliphatic rings. The number of aromatic nitrogens is 2. The number of ether oxygens (including phenoxy) is 2. The zero-order valence-electron chi connectivity index (χ0n) is 11.4. The number of rotatable bonds is 3. The molecule has 0 radical (unpaired) electrons. The number of benzene rings is 2. The summed E-state index contributed by atoms with van der Waals surface area (Å²) in [6.07, 6.45) is 0. The minimum Gasteiger partial charge on any atom is -0.494 e. The third-order valence-corrected chi connectivity index (χ3v) is 3.20. The van der Waals surface area contributed by atoms with Crippen molar-refractivity contribution in [2.45, 2.75) is 0 Å². The lowest BCUT2D eigenvalue weighted by molar-refractivity contribution is 0.409. The fourth-order valence-corrected chi connectivity index (χ4v) is 2.16. The molecule has 0 saturated heterocycles. The van der Waals surface area contributed by atoms with Gasteiger partial charge in [0.25, 0.3) is 0 Å². The number of halogens is 2. The fraction of sp³-hybridized carbons (Fsp3) is 0.133. The number of methoxy groups -OCH3 is 2. The van der Waals surface area contributed by atoms with Crippen LogP contribution < -0.4 is 9.47 Å². The predicted molar refractivity (Wildman–Crippen MR) is 74.5 cm³/mol. The van der Waals surface area contributed by atoms with Crippen molar-refractivity contribution < 1.29 is 18.3 Å². The number of nitrogens with zero attached hydrogens (tertiary/aromatic N) is 1. The second-order valence-electron chi connectivity index (χ2n) is 4.41. The standard InChI is InChI=1S/C15H12F2N2O2/c1-20-11-5-6-12(21-2)14-13(11)18-15(19-14)8-3-4-9(16)10(17)7-8/h3-7H,1-2H3,(H,18,19). The molecule has 0 unspecified atom stereocenters. The monoisotopic (exact) mass is 290 g/mol. The predicted octanol–water partition coefficient (Wildman–Crippen LogP) is 3.53. The van der Waals surface area contributed by atoms with E-state index in [0.717, 1.165) is 12.1 Å². The number of H-pyrrole nitrogens is 1. The van der Waals surface area contributed by atoms with E-state index in [2.05, 4.69) is 9.97 Å². The van der Waals surface area contributed by atoms with Crippen LogP contribution in [0, 0.1) is 11.6 Å². The third-order valence-electron chi connectivity index (χ3n) is 3.20. The lowest BCUT2D eigenvalue weighted by atomic mass is 10.2. The maximum atomic E-state index is 13.3. The molecule has 3 rings (SSSR count). The zero-order chi connectivity index (χ0) is 15.0. The number of nitrogens with one attached hydrogen (secondary N) is 1. The van der Waals surface area contributed by atoms with Crippen molar-refractivity contribution in [1.82, 2.24) is 9.97 Å². The molecule has 6 heteroatoms. The Labute approximate surface area is 119 Å². The maximum absolute atomic E-state index is 13.3. The summed E-state index contributed by atoms with van der Waals surface area (Å²) in [5.74, 6) is -0.258. The van der Waals surface area contributed by atoms with Gasteiger partial charge in [-0.2, -0.15) is 0 Å². The first-order chi connectivity index (χ1) is 10.1. The Kier molecular flexibility index (Phi) is 3.21. The van der Waals surface area contributed by atoms with Gasteiger partial charge in [0.05, 0.1) is 14.2 Å². The average Bonchev–Trinajstić information content (AvgIpc) is 2.94. The van der Waals surface area contributed by atoms with E-state index < -0.39 is 11.6 Å². The minimum absolute atomic E-state index is 0.409. The zero-order valence-corrected chi connectivity index (χ0v) is 11.4. The molecule has 0 aliphatic carbocycles. The van der Waals surface area contributed by atoms with Crippen molar-refractivity contribution in [3.63, 3.8) is 0 Å². The van der Waals surface area contributed by atoms with Crippen LogP contribution in [0.1, 0.15) is 0 Å². The first-order valence-corrected chi connectivity index (χ1v) is 6.20. The summed E-state index contributed by atoms with van der Waals surface area (Å²) in [5.41, 5.74) is 1.64. The van der Waals surface area contributed by atoms with E-state index in [4.69, 9.17) is 9.47 Å². The molecule has 108 valence electrons. The van der Waals surface area contributed by atoms with Gasteiger partial charge in [-0.05, 0) is 30.3 Å². The van der Waals surface area contributed by atoms with E-state index in [-0.39, 0.29) is 0 Å². The second kappa shape index (κ2) is 5.05. The smallest absolute Gasteiger partial charge is 0.159 e. The fourth-order valence-electron chi connectivity index (χ4n) is 2.16. The van der Waals surface area contributed by atoms with E-state index in [0.29, 0.717) is 33.9 Å². The molecule has 21 heavy (non-hydrogen) atoms. The van der Waals surface area contributed by atoms with Gasteiger partial charge in [0.2, 0.25) is 0 Å². The van der Waals surface area contributed by atoms with E-state index in [1.54, 1.807) is 19.2 Å². The molecule has 0 spiro atoms. The Balaban J connectivity index is 2.22. The van der Waals surface area contributed by atoms with Gasteiger partial charge in [-0.3, -0.25) is 0 Å². The molecule has 0 bridgehead atoms. The van der Waals surface area contributed by atoms with E-state index in [9.17, 15) is 8.78 Å². The molecular weight excluding hydrogens is 278 g/mol. The van der Waals surface area contributed by atoms with Gasteiger partial charge in [0.15, 0.2) is 11.6 Å². The van der Waals surface area contributed by atoms with Crippen molar-refractivity contribution in [2.75, 3.05) is 14.2 Å². The number of fused-ring (bicyclic) bond motifs is 1. The number of hydrogen-bond donors (Lipinski definition) is 1. The van der Waals surface area contributed by atoms with Crippen LogP contribution in [-0.2, 0) is 0 Å². The van der Waals surface area contributed by atoms with Crippen LogP contribution in [0.4, 0.5) is 8.78 Å². The third kappa shape index (κ3) is 2.18. The molecule has 3 aromatic rings. The lowest BCUT2D eigenvalue weighted by Crippen LogP contribution is -1.88. The highest BCUT2D eigenvalue weighted by atomic mass is 19.2.